The number of carbonyl (C=O) groups excluding carboxylic acids is 1. The smallest absolute Gasteiger partial charge is 0.224 e. The van der Waals surface area contributed by atoms with Gasteiger partial charge in [-0.25, -0.2) is 9.97 Å². The van der Waals surface area contributed by atoms with E-state index in [1.165, 1.54) is 18.3 Å². The van der Waals surface area contributed by atoms with Crippen LogP contribution in [-0.2, 0) is 0 Å². The molecule has 0 aliphatic heterocycles. The lowest BCUT2D eigenvalue weighted by Crippen LogP contribution is -2.29. The zero-order valence-electron chi connectivity index (χ0n) is 14.9. The fourth-order valence-electron chi connectivity index (χ4n) is 2.51. The van der Waals surface area contributed by atoms with E-state index in [0.717, 1.165) is 0 Å². The molecule has 4 N–H and O–H groups in total. The van der Waals surface area contributed by atoms with Crippen molar-refractivity contribution in [1.29, 1.82) is 0 Å². The summed E-state index contributed by atoms with van der Waals surface area (Å²) < 4.78 is 0. The van der Waals surface area contributed by atoms with E-state index in [2.05, 4.69) is 15.3 Å². The molecule has 0 unspecified atom stereocenters. The number of hydrogen-bond donors (Lipinski definition) is 3. The highest BCUT2D eigenvalue weighted by Crippen LogP contribution is 2.40. The third-order valence-corrected chi connectivity index (χ3v) is 5.72. The molecule has 27 heavy (non-hydrogen) atoms. The van der Waals surface area contributed by atoms with Gasteiger partial charge < -0.3 is 16.2 Å². The first-order chi connectivity index (χ1) is 12.6. The second kappa shape index (κ2) is 7.24. The summed E-state index contributed by atoms with van der Waals surface area (Å²) in [6.07, 6.45) is 0. The highest BCUT2D eigenvalue weighted by molar-refractivity contribution is 7.21. The minimum atomic E-state index is -0.943. The number of halogens is 2. The van der Waals surface area contributed by atoms with Crippen LogP contribution in [0, 0.1) is 0 Å². The first-order valence-corrected chi connectivity index (χ1v) is 9.66. The number of nitrogens with two attached hydrogens (primary N) is 1. The molecular weight excluding hydrogens is 407 g/mol. The second-order valence-corrected chi connectivity index (χ2v) is 8.59. The molecule has 2 aromatic heterocycles. The minimum Gasteiger partial charge on any atom is -0.397 e. The van der Waals surface area contributed by atoms with Gasteiger partial charge in [0, 0.05) is 19.0 Å². The summed E-state index contributed by atoms with van der Waals surface area (Å²) in [5, 5.41) is 14.4. The summed E-state index contributed by atoms with van der Waals surface area (Å²) in [4.78, 5) is 21.9. The number of carbonyl (C=O) groups is 1. The fraction of sp³-hybridized carbons (Fsp3) is 0.278. The Balaban J connectivity index is 2.23. The van der Waals surface area contributed by atoms with E-state index >= 15 is 0 Å². The van der Waals surface area contributed by atoms with Crippen LogP contribution in [-0.4, -0.2) is 33.0 Å². The average Bonchev–Trinajstić information content (AvgIpc) is 2.91. The van der Waals surface area contributed by atoms with Crippen molar-refractivity contribution in [3.05, 3.63) is 33.1 Å². The van der Waals surface area contributed by atoms with Crippen molar-refractivity contribution in [2.24, 2.45) is 0 Å². The number of nitrogens with zero attached hydrogens (tertiary/aromatic N) is 2. The van der Waals surface area contributed by atoms with Crippen LogP contribution in [0.1, 0.15) is 30.4 Å². The molecule has 0 fully saturated rings. The minimum absolute atomic E-state index is 0.137. The maximum atomic E-state index is 11.9. The number of aromatic nitrogens is 2. The molecule has 9 heteroatoms. The molecule has 2 heterocycles. The number of thiophene rings is 1. The largest absolute Gasteiger partial charge is 0.397 e. The van der Waals surface area contributed by atoms with Gasteiger partial charge >= 0.3 is 0 Å². The maximum Gasteiger partial charge on any atom is 0.224 e. The van der Waals surface area contributed by atoms with E-state index in [1.807, 2.05) is 0 Å². The molecule has 0 amide bonds. The van der Waals surface area contributed by atoms with Crippen LogP contribution in [0.3, 0.4) is 0 Å². The summed E-state index contributed by atoms with van der Waals surface area (Å²) >= 11 is 13.4. The van der Waals surface area contributed by atoms with E-state index in [0.29, 0.717) is 48.0 Å². The molecule has 3 aromatic rings. The van der Waals surface area contributed by atoms with E-state index in [1.54, 1.807) is 32.0 Å². The van der Waals surface area contributed by atoms with Gasteiger partial charge in [0.25, 0.3) is 0 Å². The van der Waals surface area contributed by atoms with E-state index in [-0.39, 0.29) is 12.3 Å². The number of rotatable bonds is 5. The Labute approximate surface area is 170 Å². The van der Waals surface area contributed by atoms with E-state index < -0.39 is 5.60 Å². The molecule has 0 atom stereocenters. The number of aliphatic hydroxyl groups is 1. The number of nitrogen functional groups attached to an aromatic ring is 1. The predicted molar refractivity (Wildman–Crippen MR) is 112 cm³/mol. The number of anilines is 2. The van der Waals surface area contributed by atoms with E-state index in [4.69, 9.17) is 28.9 Å². The lowest BCUT2D eigenvalue weighted by Gasteiger charge is -2.18. The first-order valence-electron chi connectivity index (χ1n) is 8.09. The molecule has 142 valence electrons. The Morgan fingerprint density at radius 2 is 2.00 bits per heavy atom. The first kappa shape index (κ1) is 19.8. The third-order valence-electron chi connectivity index (χ3n) is 3.78. The van der Waals surface area contributed by atoms with Gasteiger partial charge in [0.15, 0.2) is 5.78 Å². The van der Waals surface area contributed by atoms with Crippen molar-refractivity contribution in [1.82, 2.24) is 9.97 Å². The van der Waals surface area contributed by atoms with Crippen LogP contribution in [0.4, 0.5) is 11.6 Å². The molecule has 0 spiro atoms. The van der Waals surface area contributed by atoms with Gasteiger partial charge in [-0.1, -0.05) is 29.3 Å². The Kier molecular flexibility index (Phi) is 5.31. The number of benzene rings is 1. The molecule has 0 aliphatic rings. The molecule has 0 aliphatic carbocycles. The van der Waals surface area contributed by atoms with Crippen molar-refractivity contribution in [2.75, 3.05) is 17.6 Å². The average molecular weight is 425 g/mol. The predicted octanol–water partition coefficient (Wildman–Crippen LogP) is 4.63. The molecule has 0 saturated carbocycles. The lowest BCUT2D eigenvalue weighted by atomic mass is 10.1. The summed E-state index contributed by atoms with van der Waals surface area (Å²) in [7, 11) is 0. The summed E-state index contributed by atoms with van der Waals surface area (Å²) in [6, 6.07) is 5.14. The molecule has 1 aromatic carbocycles. The van der Waals surface area contributed by atoms with E-state index in [9.17, 15) is 9.90 Å². The van der Waals surface area contributed by atoms with Crippen molar-refractivity contribution in [2.45, 2.75) is 26.4 Å². The summed E-state index contributed by atoms with van der Waals surface area (Å²) in [5.74, 6) is 0.184. The third kappa shape index (κ3) is 4.16. The van der Waals surface area contributed by atoms with Crippen molar-refractivity contribution < 1.29 is 9.90 Å². The van der Waals surface area contributed by atoms with Crippen LogP contribution < -0.4 is 11.1 Å². The summed E-state index contributed by atoms with van der Waals surface area (Å²) in [6.45, 7) is 5.06. The number of hydrogen-bond acceptors (Lipinski definition) is 7. The van der Waals surface area contributed by atoms with Gasteiger partial charge in [-0.15, -0.1) is 11.3 Å². The Bertz CT molecular complexity index is 1040. The van der Waals surface area contributed by atoms with Crippen LogP contribution in [0.5, 0.6) is 0 Å². The molecule has 0 saturated heterocycles. The second-order valence-electron chi connectivity index (χ2n) is 6.77. The fourth-order valence-corrected chi connectivity index (χ4v) is 3.80. The zero-order valence-corrected chi connectivity index (χ0v) is 17.3. The van der Waals surface area contributed by atoms with Gasteiger partial charge in [0.1, 0.15) is 4.83 Å². The van der Waals surface area contributed by atoms with Crippen LogP contribution in [0.15, 0.2) is 18.2 Å². The molecule has 0 radical (unpaired) electrons. The molecule has 0 bridgehead atoms. The lowest BCUT2D eigenvalue weighted by molar-refractivity contribution is 0.0942. The Hall–Kier alpha value is -1.93. The van der Waals surface area contributed by atoms with Crippen molar-refractivity contribution >= 4 is 62.2 Å². The molecule has 3 rings (SSSR count). The van der Waals surface area contributed by atoms with Gasteiger partial charge in [0.2, 0.25) is 5.95 Å². The van der Waals surface area contributed by atoms with Crippen LogP contribution >= 0.6 is 34.5 Å². The van der Waals surface area contributed by atoms with Gasteiger partial charge in [-0.05, 0) is 26.0 Å². The number of Topliss-reactive ketones (excluding diaryl/α,β-unsaturated/α-hetero) is 1. The highest BCUT2D eigenvalue weighted by Gasteiger charge is 2.21. The molecular formula is C18H18Cl2N4O2S. The van der Waals surface area contributed by atoms with Crippen molar-refractivity contribution in [3.8, 4) is 11.3 Å². The van der Waals surface area contributed by atoms with Crippen LogP contribution in [0.2, 0.25) is 10.0 Å². The number of ketones is 1. The Morgan fingerprint density at radius 3 is 2.59 bits per heavy atom. The SMILES string of the molecule is CC(=O)c1sc2nc(NCC(C)(C)O)nc(-c3ccc(Cl)c(Cl)c3)c2c1N. The Morgan fingerprint density at radius 1 is 1.30 bits per heavy atom. The van der Waals surface area contributed by atoms with Crippen molar-refractivity contribution in [3.63, 3.8) is 0 Å². The normalized spacial score (nSPS) is 11.8. The monoisotopic (exact) mass is 424 g/mol. The number of fused-ring (bicyclic) bond motifs is 1. The maximum absolute atomic E-state index is 11.9. The van der Waals surface area contributed by atoms with Gasteiger partial charge in [0.05, 0.1) is 37.3 Å². The van der Waals surface area contributed by atoms with Gasteiger partial charge in [-0.2, -0.15) is 0 Å². The topological polar surface area (TPSA) is 101 Å². The number of nitrogens with one attached hydrogen (secondary N) is 1. The molecule has 6 nitrogen and oxygen atoms in total. The highest BCUT2D eigenvalue weighted by atomic mass is 35.5. The standard InChI is InChI=1S/C18H18Cl2N4O2S/c1-8(25)15-13(21)12-14(9-4-5-10(19)11(20)6-9)23-17(24-16(12)27-15)22-7-18(2,3)26/h4-6,26H,7,21H2,1-3H3,(H,22,23,24). The quantitative estimate of drug-likeness (QED) is 0.515. The van der Waals surface area contributed by atoms with Gasteiger partial charge in [-0.3, -0.25) is 4.79 Å². The van der Waals surface area contributed by atoms with Crippen LogP contribution in [0.25, 0.3) is 21.5 Å². The zero-order chi connectivity index (χ0) is 19.9. The summed E-state index contributed by atoms with van der Waals surface area (Å²) in [5.41, 5.74) is 6.87.